The molecular formula is C30H20FeN4-6. The van der Waals surface area contributed by atoms with Crippen LogP contribution in [0.5, 0.6) is 0 Å². The molecule has 7 rings (SSSR count). The number of nitrogens with zero attached hydrogens (tertiary/aromatic N) is 4. The number of rotatable bonds is 1. The largest absolute Gasteiger partial charge is 0.748 e. The summed E-state index contributed by atoms with van der Waals surface area (Å²) in [6, 6.07) is 18.3. The van der Waals surface area contributed by atoms with Gasteiger partial charge in [-0.1, -0.05) is 17.2 Å². The predicted octanol–water partition coefficient (Wildman–Crippen LogP) is 6.23. The van der Waals surface area contributed by atoms with Gasteiger partial charge in [0.25, 0.3) is 0 Å². The average molecular weight is 492 g/mol. The quantitative estimate of drug-likeness (QED) is 0.335. The monoisotopic (exact) mass is 492 g/mol. The Morgan fingerprint density at radius 1 is 0.486 bits per heavy atom. The summed E-state index contributed by atoms with van der Waals surface area (Å²) < 4.78 is 0. The third-order valence-corrected chi connectivity index (χ3v) is 5.57. The van der Waals surface area contributed by atoms with Crippen molar-refractivity contribution in [1.82, 2.24) is 0 Å². The average Bonchev–Trinajstić information content (AvgIpc) is 3.66. The summed E-state index contributed by atoms with van der Waals surface area (Å²) in [7, 11) is 0. The van der Waals surface area contributed by atoms with Gasteiger partial charge in [0, 0.05) is 28.5 Å². The molecule has 5 heterocycles. The number of aliphatic imine (C=N–C) groups is 4. The summed E-state index contributed by atoms with van der Waals surface area (Å²) in [6.45, 7) is 0. The smallest absolute Gasteiger partial charge is 0.0659 e. The minimum Gasteiger partial charge on any atom is -0.748 e. The van der Waals surface area contributed by atoms with Crippen molar-refractivity contribution in [2.24, 2.45) is 20.0 Å². The Morgan fingerprint density at radius 3 is 1.46 bits per heavy atom. The topological polar surface area (TPSA) is 49.4 Å². The van der Waals surface area contributed by atoms with E-state index in [9.17, 15) is 0 Å². The minimum absolute atomic E-state index is 0. The van der Waals surface area contributed by atoms with E-state index >= 15 is 0 Å². The van der Waals surface area contributed by atoms with E-state index in [1.807, 2.05) is 103 Å². The molecule has 5 aliphatic rings. The molecule has 0 atom stereocenters. The van der Waals surface area contributed by atoms with E-state index in [-0.39, 0.29) is 17.1 Å². The first kappa shape index (κ1) is 22.6. The molecule has 0 aromatic heterocycles. The van der Waals surface area contributed by atoms with Crippen LogP contribution in [-0.2, 0) is 17.1 Å². The predicted molar refractivity (Wildman–Crippen MR) is 142 cm³/mol. The van der Waals surface area contributed by atoms with Crippen molar-refractivity contribution in [3.63, 3.8) is 0 Å². The third kappa shape index (κ3) is 5.17. The fourth-order valence-corrected chi connectivity index (χ4v) is 4.00. The summed E-state index contributed by atoms with van der Waals surface area (Å²) in [5, 5.41) is 0. The molecule has 0 fully saturated rings. The van der Waals surface area contributed by atoms with Crippen LogP contribution < -0.4 is 0 Å². The van der Waals surface area contributed by atoms with E-state index in [1.165, 1.54) is 0 Å². The zero-order valence-corrected chi connectivity index (χ0v) is 19.8. The minimum atomic E-state index is 0. The Hall–Kier alpha value is -4.18. The van der Waals surface area contributed by atoms with Crippen molar-refractivity contribution in [2.75, 3.05) is 0 Å². The molecule has 2 aromatic rings. The second kappa shape index (κ2) is 9.98. The molecule has 5 heteroatoms. The first-order chi connectivity index (χ1) is 16.8. The first-order valence-electron chi connectivity index (χ1n) is 11.2. The Bertz CT molecular complexity index is 1490. The molecule has 8 bridgehead atoms. The van der Waals surface area contributed by atoms with Crippen LogP contribution in [0.2, 0.25) is 0 Å². The Labute approximate surface area is 214 Å². The summed E-state index contributed by atoms with van der Waals surface area (Å²) in [5.74, 6) is 0. The van der Waals surface area contributed by atoms with E-state index < -0.39 is 0 Å². The standard InChI is InChI=1S/C25H15N4.C5H5.Fe/c1-2-4-16(3-1)24-14-23-13-21-8-7-19(27-21)11-17-5-6-18(26-17)12-20-9-10-22(28-20)15-25(24)29-23;1-2-4-5-3-1;/h1-15H;1-5H;/q-1;-5;. The molecular weight excluding hydrogens is 472 g/mol. The van der Waals surface area contributed by atoms with Crippen LogP contribution in [-0.4, -0.2) is 22.8 Å². The molecule has 0 saturated carbocycles. The fourth-order valence-electron chi connectivity index (χ4n) is 4.00. The van der Waals surface area contributed by atoms with Crippen molar-refractivity contribution in [3.8, 4) is 0 Å². The Morgan fingerprint density at radius 2 is 0.943 bits per heavy atom. The zero-order valence-electron chi connectivity index (χ0n) is 18.7. The maximum absolute atomic E-state index is 4.85. The van der Waals surface area contributed by atoms with Gasteiger partial charge in [-0.05, 0) is 60.8 Å². The third-order valence-electron chi connectivity index (χ3n) is 5.57. The molecule has 0 spiro atoms. The summed E-state index contributed by atoms with van der Waals surface area (Å²) in [5.41, 5.74) is 9.35. The fraction of sp³-hybridized carbons (Fsp3) is 0. The van der Waals surface area contributed by atoms with E-state index in [0.29, 0.717) is 0 Å². The molecule has 174 valence electrons. The van der Waals surface area contributed by atoms with Crippen molar-refractivity contribution in [3.05, 3.63) is 150 Å². The maximum Gasteiger partial charge on any atom is 0.0659 e. The van der Waals surface area contributed by atoms with Crippen LogP contribution in [0.15, 0.2) is 164 Å². The van der Waals surface area contributed by atoms with E-state index in [0.717, 1.165) is 56.8 Å². The van der Waals surface area contributed by atoms with Gasteiger partial charge in [-0.3, -0.25) is 4.99 Å². The van der Waals surface area contributed by atoms with Crippen molar-refractivity contribution < 1.29 is 17.1 Å². The van der Waals surface area contributed by atoms with Crippen molar-refractivity contribution in [2.45, 2.75) is 0 Å². The van der Waals surface area contributed by atoms with Crippen molar-refractivity contribution in [1.29, 1.82) is 0 Å². The van der Waals surface area contributed by atoms with Gasteiger partial charge >= 0.3 is 0 Å². The molecule has 0 radical (unpaired) electrons. The van der Waals surface area contributed by atoms with Crippen LogP contribution in [0.1, 0.15) is 5.56 Å². The van der Waals surface area contributed by atoms with Crippen LogP contribution in [0.4, 0.5) is 0 Å². The van der Waals surface area contributed by atoms with Gasteiger partial charge in [0.1, 0.15) is 0 Å². The maximum atomic E-state index is 4.85. The molecule has 4 nitrogen and oxygen atoms in total. The summed E-state index contributed by atoms with van der Waals surface area (Å²) in [4.78, 5) is 18.9. The molecule has 35 heavy (non-hydrogen) atoms. The summed E-state index contributed by atoms with van der Waals surface area (Å²) >= 11 is 0. The SMILES string of the molecule is C1=CC2=NC1=CC1=NC(=CC3=NC(=CC4=NC(=C2)C=C4)C([c-]2cccc2)=C3)C=C1.[Fe].[cH-]1[cH-][cH-][cH-][cH-]1. The summed E-state index contributed by atoms with van der Waals surface area (Å²) in [6.07, 6.45) is 22.1. The van der Waals surface area contributed by atoms with Gasteiger partial charge in [0.2, 0.25) is 0 Å². The second-order valence-corrected chi connectivity index (χ2v) is 8.08. The molecule has 0 aliphatic carbocycles. The molecule has 0 saturated heterocycles. The van der Waals surface area contributed by atoms with Crippen LogP contribution in [0.25, 0.3) is 5.57 Å². The number of fused-ring (bicyclic) bond motifs is 4. The molecule has 5 aliphatic heterocycles. The Kier molecular flexibility index (Phi) is 6.44. The zero-order chi connectivity index (χ0) is 22.7. The van der Waals surface area contributed by atoms with Gasteiger partial charge in [-0.2, -0.15) is 12.1 Å². The van der Waals surface area contributed by atoms with Crippen LogP contribution in [0, 0.1) is 0 Å². The second-order valence-electron chi connectivity index (χ2n) is 8.08. The van der Waals surface area contributed by atoms with Gasteiger partial charge in [0.15, 0.2) is 0 Å². The number of hydrogen-bond donors (Lipinski definition) is 0. The molecule has 0 amide bonds. The molecule has 0 N–H and O–H groups in total. The number of hydrogen-bond acceptors (Lipinski definition) is 4. The molecule has 0 unspecified atom stereocenters. The van der Waals surface area contributed by atoms with Crippen molar-refractivity contribution >= 4 is 28.4 Å². The van der Waals surface area contributed by atoms with E-state index in [4.69, 9.17) is 9.98 Å². The normalized spacial score (nSPS) is 18.7. The van der Waals surface area contributed by atoms with Gasteiger partial charge < -0.3 is 30.3 Å². The van der Waals surface area contributed by atoms with Gasteiger partial charge in [-0.15, -0.1) is 12.1 Å². The number of allylic oxidation sites excluding steroid dienone is 12. The first-order valence-corrected chi connectivity index (χ1v) is 11.2. The van der Waals surface area contributed by atoms with E-state index in [1.54, 1.807) is 0 Å². The van der Waals surface area contributed by atoms with Gasteiger partial charge in [-0.25, -0.2) is 15.0 Å². The Balaban J connectivity index is 0.000000379. The van der Waals surface area contributed by atoms with Crippen LogP contribution >= 0.6 is 0 Å². The van der Waals surface area contributed by atoms with E-state index in [2.05, 4.69) is 28.2 Å². The van der Waals surface area contributed by atoms with Gasteiger partial charge in [0.05, 0.1) is 34.2 Å². The molecule has 2 aromatic carbocycles. The van der Waals surface area contributed by atoms with Crippen LogP contribution in [0.3, 0.4) is 0 Å².